The molecular formula is C14H25N5O. The van der Waals surface area contributed by atoms with E-state index in [0.29, 0.717) is 11.3 Å². The predicted molar refractivity (Wildman–Crippen MR) is 79.9 cm³/mol. The number of hydrogen-bond acceptors (Lipinski definition) is 4. The Labute approximate surface area is 120 Å². The summed E-state index contributed by atoms with van der Waals surface area (Å²) in [5.41, 5.74) is 6.78. The molecule has 2 rings (SSSR count). The molecule has 1 aromatic heterocycles. The molecule has 3 N–H and O–H groups in total. The molecule has 0 radical (unpaired) electrons. The number of anilines is 1. The summed E-state index contributed by atoms with van der Waals surface area (Å²) < 4.78 is 1.78. The molecule has 1 fully saturated rings. The highest BCUT2D eigenvalue weighted by Gasteiger charge is 2.26. The molecule has 0 unspecified atom stereocenters. The quantitative estimate of drug-likeness (QED) is 0.830. The Hall–Kier alpha value is -1.56. The lowest BCUT2D eigenvalue weighted by atomic mass is 9.96. The van der Waals surface area contributed by atoms with Gasteiger partial charge in [-0.25, -0.2) is 0 Å². The number of nitrogens with two attached hydrogens (primary N) is 1. The highest BCUT2D eigenvalue weighted by Crippen LogP contribution is 2.27. The molecule has 6 heteroatoms. The number of aromatic nitrogens is 2. The van der Waals surface area contributed by atoms with Crippen LogP contribution >= 0.6 is 0 Å². The molecule has 0 aliphatic carbocycles. The number of rotatable bonds is 5. The molecule has 112 valence electrons. The highest BCUT2D eigenvalue weighted by molar-refractivity contribution is 5.99. The zero-order valence-corrected chi connectivity index (χ0v) is 12.6. The summed E-state index contributed by atoms with van der Waals surface area (Å²) in [6.07, 6.45) is 2.27. The van der Waals surface area contributed by atoms with Crippen molar-refractivity contribution in [3.63, 3.8) is 0 Å². The summed E-state index contributed by atoms with van der Waals surface area (Å²) in [4.78, 5) is 13.9. The van der Waals surface area contributed by atoms with Gasteiger partial charge in [-0.15, -0.1) is 0 Å². The molecule has 1 aliphatic rings. The van der Waals surface area contributed by atoms with Gasteiger partial charge in [0.15, 0.2) is 0 Å². The first-order valence-electron chi connectivity index (χ1n) is 7.33. The summed E-state index contributed by atoms with van der Waals surface area (Å²) >= 11 is 0. The lowest BCUT2D eigenvalue weighted by Gasteiger charge is -2.33. The van der Waals surface area contributed by atoms with E-state index in [4.69, 9.17) is 5.73 Å². The average molecular weight is 279 g/mol. The number of carbonyl (C=O) groups excluding carboxylic acids is 1. The van der Waals surface area contributed by atoms with E-state index in [-0.39, 0.29) is 5.91 Å². The Kier molecular flexibility index (Phi) is 4.65. The van der Waals surface area contributed by atoms with E-state index in [1.165, 1.54) is 0 Å². The molecular weight excluding hydrogens is 254 g/mol. The Morgan fingerprint density at radius 3 is 2.65 bits per heavy atom. The van der Waals surface area contributed by atoms with Crippen LogP contribution in [0.5, 0.6) is 0 Å². The first-order chi connectivity index (χ1) is 9.54. The maximum Gasteiger partial charge on any atom is 0.254 e. The van der Waals surface area contributed by atoms with Crippen LogP contribution in [0.4, 0.5) is 5.82 Å². The Bertz CT molecular complexity index is 474. The largest absolute Gasteiger partial charge is 0.365 e. The summed E-state index contributed by atoms with van der Waals surface area (Å²) in [7, 11) is 1.87. The van der Waals surface area contributed by atoms with Gasteiger partial charge in [-0.05, 0) is 38.8 Å². The van der Waals surface area contributed by atoms with Crippen LogP contribution in [-0.4, -0.2) is 41.9 Å². The predicted octanol–water partition coefficient (Wildman–Crippen LogP) is 0.653. The van der Waals surface area contributed by atoms with Crippen molar-refractivity contribution < 1.29 is 4.79 Å². The van der Waals surface area contributed by atoms with Gasteiger partial charge in [0.25, 0.3) is 5.91 Å². The zero-order valence-electron chi connectivity index (χ0n) is 12.6. The van der Waals surface area contributed by atoms with Crippen LogP contribution in [-0.2, 0) is 7.05 Å². The van der Waals surface area contributed by atoms with Gasteiger partial charge in [-0.3, -0.25) is 9.48 Å². The van der Waals surface area contributed by atoms with Crippen LogP contribution < -0.4 is 16.0 Å². The number of carbonyl (C=O) groups is 1. The van der Waals surface area contributed by atoms with Crippen molar-refractivity contribution in [3.8, 4) is 0 Å². The lowest BCUT2D eigenvalue weighted by molar-refractivity contribution is 0.1000. The molecule has 0 bridgehead atoms. The molecule has 2 heterocycles. The minimum absolute atomic E-state index is 0.389. The second kappa shape index (κ2) is 6.26. The number of nitrogens with one attached hydrogen (secondary N) is 1. The van der Waals surface area contributed by atoms with Crippen molar-refractivity contribution >= 4 is 11.7 Å². The standard InChI is InChI=1S/C14H25N5O/c1-4-16-9-11-5-7-19(8-6-11)14-12(13(15)20)10(2)17-18(14)3/h11,16H,4-9H2,1-3H3,(H2,15,20). The van der Waals surface area contributed by atoms with Crippen molar-refractivity contribution in [1.29, 1.82) is 0 Å². The van der Waals surface area contributed by atoms with E-state index in [0.717, 1.165) is 50.8 Å². The molecule has 6 nitrogen and oxygen atoms in total. The minimum Gasteiger partial charge on any atom is -0.365 e. The first-order valence-corrected chi connectivity index (χ1v) is 7.33. The van der Waals surface area contributed by atoms with Crippen molar-refractivity contribution in [2.45, 2.75) is 26.7 Å². The van der Waals surface area contributed by atoms with E-state index in [1.807, 2.05) is 14.0 Å². The Morgan fingerprint density at radius 1 is 1.45 bits per heavy atom. The topological polar surface area (TPSA) is 76.2 Å². The summed E-state index contributed by atoms with van der Waals surface area (Å²) in [5, 5.41) is 7.75. The molecule has 0 atom stereocenters. The molecule has 1 amide bonds. The second-order valence-electron chi connectivity index (χ2n) is 5.51. The van der Waals surface area contributed by atoms with Crippen LogP contribution in [0.2, 0.25) is 0 Å². The van der Waals surface area contributed by atoms with Crippen molar-refractivity contribution in [2.24, 2.45) is 18.7 Å². The third-order valence-electron chi connectivity index (χ3n) is 4.04. The fraction of sp³-hybridized carbons (Fsp3) is 0.714. The van der Waals surface area contributed by atoms with Gasteiger partial charge >= 0.3 is 0 Å². The molecule has 1 aromatic rings. The average Bonchev–Trinajstić information content (AvgIpc) is 2.72. The van der Waals surface area contributed by atoms with Gasteiger partial charge in [0.1, 0.15) is 11.4 Å². The van der Waals surface area contributed by atoms with E-state index in [1.54, 1.807) is 4.68 Å². The maximum atomic E-state index is 11.6. The number of nitrogens with zero attached hydrogens (tertiary/aromatic N) is 3. The third kappa shape index (κ3) is 2.95. The van der Waals surface area contributed by atoms with E-state index in [2.05, 4.69) is 22.2 Å². The number of amides is 1. The number of primary amides is 1. The minimum atomic E-state index is -0.389. The molecule has 0 saturated carbocycles. The Morgan fingerprint density at radius 2 is 2.10 bits per heavy atom. The fourth-order valence-corrected chi connectivity index (χ4v) is 2.99. The number of piperidine rings is 1. The van der Waals surface area contributed by atoms with Crippen LogP contribution in [0.1, 0.15) is 35.8 Å². The normalized spacial score (nSPS) is 16.6. The van der Waals surface area contributed by atoms with Crippen LogP contribution in [0.25, 0.3) is 0 Å². The summed E-state index contributed by atoms with van der Waals surface area (Å²) in [5.74, 6) is 1.20. The van der Waals surface area contributed by atoms with Crippen LogP contribution in [0.3, 0.4) is 0 Å². The van der Waals surface area contributed by atoms with Gasteiger partial charge in [0.2, 0.25) is 0 Å². The first kappa shape index (κ1) is 14.8. The lowest BCUT2D eigenvalue weighted by Crippen LogP contribution is -2.39. The molecule has 1 aliphatic heterocycles. The van der Waals surface area contributed by atoms with Crippen LogP contribution in [0, 0.1) is 12.8 Å². The monoisotopic (exact) mass is 279 g/mol. The van der Waals surface area contributed by atoms with Crippen molar-refractivity contribution in [3.05, 3.63) is 11.3 Å². The number of hydrogen-bond donors (Lipinski definition) is 2. The summed E-state index contributed by atoms with van der Waals surface area (Å²) in [6, 6.07) is 0. The molecule has 0 spiro atoms. The van der Waals surface area contributed by atoms with E-state index >= 15 is 0 Å². The van der Waals surface area contributed by atoms with Crippen molar-refractivity contribution in [1.82, 2.24) is 15.1 Å². The fourth-order valence-electron chi connectivity index (χ4n) is 2.99. The second-order valence-corrected chi connectivity index (χ2v) is 5.51. The van der Waals surface area contributed by atoms with Gasteiger partial charge < -0.3 is 16.0 Å². The smallest absolute Gasteiger partial charge is 0.254 e. The molecule has 20 heavy (non-hydrogen) atoms. The van der Waals surface area contributed by atoms with Gasteiger partial charge in [0.05, 0.1) is 5.69 Å². The third-order valence-corrected chi connectivity index (χ3v) is 4.04. The molecule has 0 aromatic carbocycles. The maximum absolute atomic E-state index is 11.6. The Balaban J connectivity index is 2.09. The zero-order chi connectivity index (χ0) is 14.7. The van der Waals surface area contributed by atoms with E-state index in [9.17, 15) is 4.79 Å². The van der Waals surface area contributed by atoms with Crippen molar-refractivity contribution in [2.75, 3.05) is 31.1 Å². The molecule has 1 saturated heterocycles. The van der Waals surface area contributed by atoms with Gasteiger partial charge in [-0.1, -0.05) is 6.92 Å². The number of aryl methyl sites for hydroxylation is 2. The van der Waals surface area contributed by atoms with E-state index < -0.39 is 0 Å². The summed E-state index contributed by atoms with van der Waals surface area (Å²) in [6.45, 7) is 7.98. The van der Waals surface area contributed by atoms with Gasteiger partial charge in [0, 0.05) is 20.1 Å². The van der Waals surface area contributed by atoms with Gasteiger partial charge in [-0.2, -0.15) is 5.10 Å². The van der Waals surface area contributed by atoms with Crippen LogP contribution in [0.15, 0.2) is 0 Å². The SMILES string of the molecule is CCNCC1CCN(c2c(C(N)=O)c(C)nn2C)CC1. The highest BCUT2D eigenvalue weighted by atomic mass is 16.1.